The number of hydrogen-bond acceptors (Lipinski definition) is 3. The second kappa shape index (κ2) is 2.92. The van der Waals surface area contributed by atoms with E-state index in [1.165, 1.54) is 24.3 Å². The Labute approximate surface area is 63.2 Å². The van der Waals surface area contributed by atoms with Crippen LogP contribution < -0.4 is 10.5 Å². The largest absolute Gasteiger partial charge is 0.508 e. The van der Waals surface area contributed by atoms with E-state index in [-0.39, 0.29) is 11.5 Å². The van der Waals surface area contributed by atoms with Crippen molar-refractivity contribution in [3.8, 4) is 11.5 Å². The van der Waals surface area contributed by atoms with Crippen molar-refractivity contribution in [3.05, 3.63) is 24.3 Å². The fourth-order valence-corrected chi connectivity index (χ4v) is 0.621. The zero-order valence-corrected chi connectivity index (χ0v) is 5.57. The van der Waals surface area contributed by atoms with Gasteiger partial charge in [-0.25, -0.2) is 10.5 Å². The average molecular weight is 152 g/mol. The molecule has 0 atom stereocenters. The minimum atomic E-state index is -1.12. The van der Waals surface area contributed by atoms with Crippen molar-refractivity contribution in [3.63, 3.8) is 0 Å². The quantitative estimate of drug-likeness (QED) is 0.656. The van der Waals surface area contributed by atoms with E-state index in [0.717, 1.165) is 0 Å². The van der Waals surface area contributed by atoms with Crippen LogP contribution in [0.25, 0.3) is 0 Å². The van der Waals surface area contributed by atoms with Crippen molar-refractivity contribution >= 4 is 6.09 Å². The second-order valence-electron chi connectivity index (χ2n) is 1.88. The van der Waals surface area contributed by atoms with Crippen LogP contribution in [0.1, 0.15) is 0 Å². The van der Waals surface area contributed by atoms with Gasteiger partial charge >= 0.3 is 6.09 Å². The maximum absolute atomic E-state index is 10.1. The number of hydrogen-bond donors (Lipinski definition) is 1. The maximum Gasteiger partial charge on any atom is 0.431 e. The highest BCUT2D eigenvalue weighted by Gasteiger charge is 1.97. The van der Waals surface area contributed by atoms with Crippen LogP contribution in [0.4, 0.5) is 4.79 Å². The van der Waals surface area contributed by atoms with E-state index in [4.69, 9.17) is 10.8 Å². The summed E-state index contributed by atoms with van der Waals surface area (Å²) in [6.07, 6.45) is -1.12. The number of rotatable bonds is 1. The van der Waals surface area contributed by atoms with Crippen molar-refractivity contribution in [2.24, 2.45) is 0 Å². The van der Waals surface area contributed by atoms with Crippen molar-refractivity contribution in [1.82, 2.24) is 5.73 Å². The van der Waals surface area contributed by atoms with Crippen LogP contribution in [-0.4, -0.2) is 11.2 Å². The molecule has 57 valence electrons. The average Bonchev–Trinajstić information content (AvgIpc) is 1.93. The van der Waals surface area contributed by atoms with Gasteiger partial charge in [0.05, 0.1) is 0 Å². The van der Waals surface area contributed by atoms with Gasteiger partial charge in [-0.15, -0.1) is 0 Å². The molecular formula is C7H6NO3. The fourth-order valence-electron chi connectivity index (χ4n) is 0.621. The minimum Gasteiger partial charge on any atom is -0.508 e. The smallest absolute Gasteiger partial charge is 0.431 e. The Hall–Kier alpha value is -1.71. The SMILES string of the molecule is [NH]C(=O)Oc1ccc(O)cc1. The summed E-state index contributed by atoms with van der Waals surface area (Å²) in [5, 5.41) is 8.80. The summed E-state index contributed by atoms with van der Waals surface area (Å²) in [5.74, 6) is 0.345. The van der Waals surface area contributed by atoms with Gasteiger partial charge < -0.3 is 9.84 Å². The molecule has 4 nitrogen and oxygen atoms in total. The molecule has 1 aromatic carbocycles. The normalized spacial score (nSPS) is 9.09. The van der Waals surface area contributed by atoms with Gasteiger partial charge in [-0.2, -0.15) is 0 Å². The highest BCUT2D eigenvalue weighted by atomic mass is 16.5. The summed E-state index contributed by atoms with van der Waals surface area (Å²) < 4.78 is 4.39. The molecule has 1 aromatic rings. The molecule has 1 rings (SSSR count). The van der Waals surface area contributed by atoms with E-state index in [1.54, 1.807) is 0 Å². The molecule has 0 aliphatic carbocycles. The lowest BCUT2D eigenvalue weighted by Gasteiger charge is -1.97. The van der Waals surface area contributed by atoms with Gasteiger partial charge in [-0.05, 0) is 24.3 Å². The number of aromatic hydroxyl groups is 1. The zero-order chi connectivity index (χ0) is 8.27. The maximum atomic E-state index is 10.1. The number of nitrogens with one attached hydrogen (secondary N) is 1. The van der Waals surface area contributed by atoms with Crippen LogP contribution in [0.3, 0.4) is 0 Å². The molecular weight excluding hydrogens is 146 g/mol. The van der Waals surface area contributed by atoms with Crippen molar-refractivity contribution < 1.29 is 14.6 Å². The molecule has 0 heterocycles. The number of carbonyl (C=O) groups is 1. The summed E-state index contributed by atoms with van der Waals surface area (Å²) in [6.45, 7) is 0. The first-order chi connectivity index (χ1) is 5.18. The minimum absolute atomic E-state index is 0.0924. The van der Waals surface area contributed by atoms with Gasteiger partial charge in [0.2, 0.25) is 0 Å². The van der Waals surface area contributed by atoms with Crippen LogP contribution in [0.2, 0.25) is 0 Å². The number of amides is 1. The Kier molecular flexibility index (Phi) is 1.96. The van der Waals surface area contributed by atoms with Gasteiger partial charge in [0.15, 0.2) is 0 Å². The van der Waals surface area contributed by atoms with Crippen LogP contribution in [-0.2, 0) is 0 Å². The first-order valence-corrected chi connectivity index (χ1v) is 2.91. The Morgan fingerprint density at radius 1 is 1.36 bits per heavy atom. The monoisotopic (exact) mass is 152 g/mol. The predicted octanol–water partition coefficient (Wildman–Crippen LogP) is 1.17. The Balaban J connectivity index is 2.74. The Bertz CT molecular complexity index is 255. The second-order valence-corrected chi connectivity index (χ2v) is 1.88. The molecule has 11 heavy (non-hydrogen) atoms. The zero-order valence-electron chi connectivity index (χ0n) is 5.57. The van der Waals surface area contributed by atoms with Gasteiger partial charge in [0.25, 0.3) is 0 Å². The van der Waals surface area contributed by atoms with E-state index in [2.05, 4.69) is 4.74 Å². The highest BCUT2D eigenvalue weighted by Crippen LogP contribution is 2.15. The number of ether oxygens (including phenoxy) is 1. The fraction of sp³-hybridized carbons (Fsp3) is 0. The van der Waals surface area contributed by atoms with E-state index in [1.807, 2.05) is 0 Å². The van der Waals surface area contributed by atoms with E-state index in [9.17, 15) is 4.79 Å². The van der Waals surface area contributed by atoms with E-state index in [0.29, 0.717) is 0 Å². The molecule has 0 saturated heterocycles. The molecule has 1 radical (unpaired) electrons. The van der Waals surface area contributed by atoms with Crippen molar-refractivity contribution in [1.29, 1.82) is 0 Å². The van der Waals surface area contributed by atoms with Gasteiger partial charge in [-0.1, -0.05) is 0 Å². The van der Waals surface area contributed by atoms with E-state index >= 15 is 0 Å². The van der Waals surface area contributed by atoms with Gasteiger partial charge in [0.1, 0.15) is 11.5 Å². The summed E-state index contributed by atoms with van der Waals surface area (Å²) in [7, 11) is 0. The van der Waals surface area contributed by atoms with Crippen LogP contribution in [0.5, 0.6) is 11.5 Å². The summed E-state index contributed by atoms with van der Waals surface area (Å²) in [4.78, 5) is 10.1. The summed E-state index contributed by atoms with van der Waals surface area (Å²) in [5.41, 5.74) is 6.45. The summed E-state index contributed by atoms with van der Waals surface area (Å²) >= 11 is 0. The van der Waals surface area contributed by atoms with Gasteiger partial charge in [0, 0.05) is 0 Å². The Morgan fingerprint density at radius 3 is 2.36 bits per heavy atom. The molecule has 0 aliphatic heterocycles. The third-order valence-electron chi connectivity index (χ3n) is 1.05. The Morgan fingerprint density at radius 2 is 1.91 bits per heavy atom. The van der Waals surface area contributed by atoms with Crippen LogP contribution in [0, 0.1) is 0 Å². The molecule has 2 N–H and O–H groups in total. The standard InChI is InChI=1S/C7H6NO3/c8-7(10)11-6-3-1-5(9)2-4-6/h1-4,8-9H. The molecule has 0 aromatic heterocycles. The van der Waals surface area contributed by atoms with Crippen molar-refractivity contribution in [2.45, 2.75) is 0 Å². The molecule has 1 amide bonds. The lowest BCUT2D eigenvalue weighted by Crippen LogP contribution is -2.04. The molecule has 0 fully saturated rings. The highest BCUT2D eigenvalue weighted by molar-refractivity contribution is 5.67. The van der Waals surface area contributed by atoms with Crippen LogP contribution in [0.15, 0.2) is 24.3 Å². The summed E-state index contributed by atoms with van der Waals surface area (Å²) in [6, 6.07) is 5.56. The number of phenolic OH excluding ortho intramolecular Hbond substituents is 1. The third kappa shape index (κ3) is 2.17. The molecule has 0 aliphatic rings. The molecule has 0 spiro atoms. The predicted molar refractivity (Wildman–Crippen MR) is 37.2 cm³/mol. The molecule has 4 heteroatoms. The number of carbonyl (C=O) groups excluding carboxylic acids is 1. The van der Waals surface area contributed by atoms with Crippen molar-refractivity contribution in [2.75, 3.05) is 0 Å². The third-order valence-corrected chi connectivity index (χ3v) is 1.05. The molecule has 0 unspecified atom stereocenters. The van der Waals surface area contributed by atoms with Crippen LogP contribution >= 0.6 is 0 Å². The first-order valence-electron chi connectivity index (χ1n) is 2.91. The molecule has 0 bridgehead atoms. The molecule has 0 saturated carbocycles. The lowest BCUT2D eigenvalue weighted by atomic mass is 10.3. The van der Waals surface area contributed by atoms with Gasteiger partial charge in [-0.3, -0.25) is 0 Å². The number of benzene rings is 1. The topological polar surface area (TPSA) is 70.3 Å². The van der Waals surface area contributed by atoms with E-state index < -0.39 is 6.09 Å². The number of phenols is 1. The lowest BCUT2D eigenvalue weighted by molar-refractivity contribution is 0.209. The first kappa shape index (κ1) is 7.40.